The molecule has 0 amide bonds. The average Bonchev–Trinajstić information content (AvgIpc) is 3.47. The van der Waals surface area contributed by atoms with Crippen molar-refractivity contribution in [1.29, 1.82) is 0 Å². The minimum absolute atomic E-state index is 0.322. The summed E-state index contributed by atoms with van der Waals surface area (Å²) in [6, 6.07) is 14.9. The topological polar surface area (TPSA) is 64.6 Å². The molecular formula is C24H27BClNO4S2. The van der Waals surface area contributed by atoms with Gasteiger partial charge in [0.1, 0.15) is 0 Å². The molecule has 2 aliphatic rings. The van der Waals surface area contributed by atoms with Crippen molar-refractivity contribution in [2.75, 3.05) is 0 Å². The summed E-state index contributed by atoms with van der Waals surface area (Å²) >= 11 is 8.07. The Morgan fingerprint density at radius 1 is 1.06 bits per heavy atom. The van der Waals surface area contributed by atoms with Crippen molar-refractivity contribution in [2.24, 2.45) is 0 Å². The fourth-order valence-corrected chi connectivity index (χ4v) is 7.13. The number of benzene rings is 2. The van der Waals surface area contributed by atoms with E-state index in [9.17, 15) is 8.42 Å². The molecule has 1 atom stereocenters. The van der Waals surface area contributed by atoms with Gasteiger partial charge in [0, 0.05) is 20.1 Å². The van der Waals surface area contributed by atoms with Crippen LogP contribution in [0, 0.1) is 0 Å². The summed E-state index contributed by atoms with van der Waals surface area (Å²) in [5.74, 6) is 0. The Morgan fingerprint density at radius 3 is 2.36 bits per heavy atom. The normalized spacial score (nSPS) is 20.9. The Labute approximate surface area is 204 Å². The average molecular weight is 504 g/mol. The maximum atomic E-state index is 12.9. The van der Waals surface area contributed by atoms with Crippen molar-refractivity contribution in [3.8, 4) is 0 Å². The second-order valence-corrected chi connectivity index (χ2v) is 13.3. The smallest absolute Gasteiger partial charge is 0.399 e. The Morgan fingerprint density at radius 2 is 1.73 bits per heavy atom. The highest BCUT2D eigenvalue weighted by Gasteiger charge is 2.52. The molecule has 3 aromatic rings. The van der Waals surface area contributed by atoms with Crippen LogP contribution in [0.2, 0.25) is 5.02 Å². The first-order chi connectivity index (χ1) is 15.5. The molecule has 1 aromatic heterocycles. The van der Waals surface area contributed by atoms with E-state index < -0.39 is 34.4 Å². The molecule has 1 saturated heterocycles. The lowest BCUT2D eigenvalue weighted by Crippen LogP contribution is -2.41. The molecule has 1 saturated carbocycles. The zero-order valence-electron chi connectivity index (χ0n) is 19.1. The van der Waals surface area contributed by atoms with Crippen LogP contribution in [0.4, 0.5) is 0 Å². The molecule has 0 radical (unpaired) electrons. The number of halogens is 1. The minimum atomic E-state index is -3.44. The van der Waals surface area contributed by atoms with Crippen molar-refractivity contribution < 1.29 is 17.7 Å². The number of thiophene rings is 1. The van der Waals surface area contributed by atoms with E-state index in [-0.39, 0.29) is 5.25 Å². The summed E-state index contributed by atoms with van der Waals surface area (Å²) < 4.78 is 42.4. The monoisotopic (exact) mass is 503 g/mol. The third kappa shape index (κ3) is 4.26. The molecule has 2 fully saturated rings. The van der Waals surface area contributed by atoms with Crippen molar-refractivity contribution in [1.82, 2.24) is 4.72 Å². The van der Waals surface area contributed by atoms with Gasteiger partial charge in [-0.25, -0.2) is 13.1 Å². The minimum Gasteiger partial charge on any atom is -0.399 e. The third-order valence-electron chi connectivity index (χ3n) is 6.85. The van der Waals surface area contributed by atoms with Crippen molar-refractivity contribution >= 4 is 55.6 Å². The van der Waals surface area contributed by atoms with Crippen LogP contribution < -0.4 is 10.2 Å². The largest absolute Gasteiger partial charge is 0.496 e. The van der Waals surface area contributed by atoms with Crippen LogP contribution in [-0.2, 0) is 19.3 Å². The van der Waals surface area contributed by atoms with E-state index in [2.05, 4.69) is 4.72 Å². The van der Waals surface area contributed by atoms with Gasteiger partial charge in [-0.2, -0.15) is 0 Å². The molecule has 2 heterocycles. The van der Waals surface area contributed by atoms with Gasteiger partial charge in [0.15, 0.2) is 0 Å². The van der Waals surface area contributed by atoms with E-state index in [1.807, 2.05) is 70.2 Å². The number of fused-ring (bicyclic) bond motifs is 1. The van der Waals surface area contributed by atoms with Crippen LogP contribution >= 0.6 is 22.9 Å². The van der Waals surface area contributed by atoms with E-state index in [1.165, 1.54) is 0 Å². The van der Waals surface area contributed by atoms with Crippen LogP contribution in [0.15, 0.2) is 48.5 Å². The van der Waals surface area contributed by atoms with Crippen LogP contribution in [0.5, 0.6) is 0 Å². The maximum absolute atomic E-state index is 12.9. The molecule has 2 aromatic carbocycles. The second kappa shape index (κ2) is 8.07. The summed E-state index contributed by atoms with van der Waals surface area (Å²) in [4.78, 5) is 0.881. The van der Waals surface area contributed by atoms with Crippen molar-refractivity contribution in [3.63, 3.8) is 0 Å². The molecule has 1 aliphatic heterocycles. The molecule has 0 unspecified atom stereocenters. The first-order valence-corrected chi connectivity index (χ1v) is 13.9. The lowest BCUT2D eigenvalue weighted by Gasteiger charge is -2.32. The zero-order chi connectivity index (χ0) is 23.6. The molecule has 0 spiro atoms. The van der Waals surface area contributed by atoms with E-state index >= 15 is 0 Å². The predicted molar refractivity (Wildman–Crippen MR) is 136 cm³/mol. The van der Waals surface area contributed by atoms with Crippen LogP contribution in [0.25, 0.3) is 10.1 Å². The zero-order valence-corrected chi connectivity index (χ0v) is 21.5. The lowest BCUT2D eigenvalue weighted by molar-refractivity contribution is 0.00578. The van der Waals surface area contributed by atoms with Gasteiger partial charge in [0.05, 0.1) is 22.5 Å². The molecule has 5 nitrogen and oxygen atoms in total. The highest BCUT2D eigenvalue weighted by molar-refractivity contribution is 7.90. The number of hydrogen-bond donors (Lipinski definition) is 1. The highest BCUT2D eigenvalue weighted by Crippen LogP contribution is 2.40. The fraction of sp³-hybridized carbons (Fsp3) is 0.417. The molecule has 174 valence electrons. The fourth-order valence-electron chi connectivity index (χ4n) is 4.03. The van der Waals surface area contributed by atoms with Crippen molar-refractivity contribution in [2.45, 2.75) is 63.0 Å². The SMILES string of the molecule is CC1(C)OB(c2cccc3cc([C@H](NS(=O)(=O)C4CC4)c4ccccc4Cl)sc23)OC1(C)C. The van der Waals surface area contributed by atoms with Gasteiger partial charge in [-0.05, 0) is 63.6 Å². The van der Waals surface area contributed by atoms with Gasteiger partial charge in [0.2, 0.25) is 10.0 Å². The lowest BCUT2D eigenvalue weighted by atomic mass is 9.78. The van der Waals surface area contributed by atoms with Crippen molar-refractivity contribution in [3.05, 3.63) is 64.0 Å². The van der Waals surface area contributed by atoms with Gasteiger partial charge in [-0.15, -0.1) is 11.3 Å². The number of rotatable bonds is 6. The van der Waals surface area contributed by atoms with Crippen LogP contribution in [-0.4, -0.2) is 32.0 Å². The first-order valence-electron chi connectivity index (χ1n) is 11.1. The Balaban J connectivity index is 1.59. The van der Waals surface area contributed by atoms with Gasteiger partial charge >= 0.3 is 7.12 Å². The van der Waals surface area contributed by atoms with Gasteiger partial charge in [-0.3, -0.25) is 0 Å². The summed E-state index contributed by atoms with van der Waals surface area (Å²) in [5.41, 5.74) is 0.803. The molecule has 5 rings (SSSR count). The summed E-state index contributed by atoms with van der Waals surface area (Å²) in [5, 5.41) is 1.23. The van der Waals surface area contributed by atoms with Crippen LogP contribution in [0.1, 0.15) is 57.0 Å². The summed E-state index contributed by atoms with van der Waals surface area (Å²) in [7, 11) is -3.94. The second-order valence-electron chi connectivity index (χ2n) is 9.82. The third-order valence-corrected chi connectivity index (χ3v) is 10.4. The predicted octanol–water partition coefficient (Wildman–Crippen LogP) is 5.03. The highest BCUT2D eigenvalue weighted by atomic mass is 35.5. The molecule has 33 heavy (non-hydrogen) atoms. The molecular weight excluding hydrogens is 477 g/mol. The summed E-state index contributed by atoms with van der Waals surface area (Å²) in [6.45, 7) is 8.14. The molecule has 0 bridgehead atoms. The van der Waals surface area contributed by atoms with E-state index in [0.717, 1.165) is 26.0 Å². The maximum Gasteiger partial charge on any atom is 0.496 e. The van der Waals surface area contributed by atoms with Crippen LogP contribution in [0.3, 0.4) is 0 Å². The van der Waals surface area contributed by atoms with Gasteiger partial charge in [0.25, 0.3) is 0 Å². The standard InChI is InChI=1S/C24H27BClNO4S2/c1-23(2)24(3,4)31-25(30-23)18-10-7-8-15-14-20(32-22(15)18)21(17-9-5-6-11-19(17)26)27-33(28,29)16-12-13-16/h5-11,14,16,21,27H,12-13H2,1-4H3/t21-/m1/s1. The van der Waals surface area contributed by atoms with Gasteiger partial charge in [-0.1, -0.05) is 48.0 Å². The Hall–Kier alpha value is -1.42. The van der Waals surface area contributed by atoms with E-state index in [4.69, 9.17) is 20.9 Å². The Kier molecular flexibility index (Phi) is 5.71. The van der Waals surface area contributed by atoms with E-state index in [1.54, 1.807) is 17.4 Å². The number of nitrogens with one attached hydrogen (secondary N) is 1. The molecule has 1 aliphatic carbocycles. The first kappa shape index (κ1) is 23.3. The van der Waals surface area contributed by atoms with Gasteiger partial charge < -0.3 is 9.31 Å². The molecule has 1 N–H and O–H groups in total. The summed E-state index contributed by atoms with van der Waals surface area (Å²) in [6.07, 6.45) is 1.39. The molecule has 9 heteroatoms. The Bertz CT molecular complexity index is 1300. The van der Waals surface area contributed by atoms with E-state index in [0.29, 0.717) is 17.9 Å². The quantitative estimate of drug-likeness (QED) is 0.479. The number of hydrogen-bond acceptors (Lipinski definition) is 5. The number of sulfonamides is 1.